The summed E-state index contributed by atoms with van der Waals surface area (Å²) in [6.07, 6.45) is 0. The number of aryl methyl sites for hydroxylation is 3. The fourth-order valence-corrected chi connectivity index (χ4v) is 4.53. The van der Waals surface area contributed by atoms with Crippen molar-refractivity contribution in [2.75, 3.05) is 10.0 Å². The highest BCUT2D eigenvalue weighted by Gasteiger charge is 2.17. The summed E-state index contributed by atoms with van der Waals surface area (Å²) in [5.74, 6) is -1.09. The number of hydrogen-bond acceptors (Lipinski definition) is 4. The van der Waals surface area contributed by atoms with Crippen LogP contribution in [0.25, 0.3) is 11.0 Å². The van der Waals surface area contributed by atoms with Gasteiger partial charge in [0.05, 0.1) is 15.9 Å². The molecule has 0 saturated heterocycles. The highest BCUT2D eigenvalue weighted by atomic mass is 32.2. The van der Waals surface area contributed by atoms with Gasteiger partial charge in [-0.1, -0.05) is 12.1 Å². The number of imidazole rings is 1. The Morgan fingerprint density at radius 3 is 2.36 bits per heavy atom. The largest absolute Gasteiger partial charge is 0.328 e. The Labute approximate surface area is 189 Å². The van der Waals surface area contributed by atoms with Gasteiger partial charge < -0.3 is 5.32 Å². The summed E-state index contributed by atoms with van der Waals surface area (Å²) in [6, 6.07) is 14.7. The Morgan fingerprint density at radius 2 is 1.64 bits per heavy atom. The predicted octanol–water partition coefficient (Wildman–Crippen LogP) is 3.38. The van der Waals surface area contributed by atoms with Gasteiger partial charge in [-0.25, -0.2) is 17.6 Å². The number of benzene rings is 3. The summed E-state index contributed by atoms with van der Waals surface area (Å²) in [7, 11) is -0.729. The molecule has 4 aromatic rings. The number of halogens is 1. The maximum absolute atomic E-state index is 13.8. The van der Waals surface area contributed by atoms with Gasteiger partial charge in [0.25, 0.3) is 15.9 Å². The Bertz CT molecular complexity index is 1570. The second-order valence-electron chi connectivity index (χ2n) is 7.66. The number of anilines is 2. The van der Waals surface area contributed by atoms with Crippen LogP contribution in [0.2, 0.25) is 0 Å². The SMILES string of the molecule is Cc1ccc(S(=O)(=O)Nc2cccc(C(=O)Nc3ccc4c(c3)n(C)c(=O)n4C)c2)cc1F. The minimum atomic E-state index is -4.04. The van der Waals surface area contributed by atoms with E-state index in [4.69, 9.17) is 0 Å². The van der Waals surface area contributed by atoms with Crippen molar-refractivity contribution in [1.29, 1.82) is 0 Å². The number of carbonyl (C=O) groups is 1. The molecule has 4 rings (SSSR count). The Kier molecular flexibility index (Phi) is 5.54. The van der Waals surface area contributed by atoms with E-state index in [0.717, 1.165) is 11.6 Å². The third-order valence-electron chi connectivity index (χ3n) is 5.36. The zero-order valence-electron chi connectivity index (χ0n) is 18.1. The third-order valence-corrected chi connectivity index (χ3v) is 6.74. The van der Waals surface area contributed by atoms with Crippen LogP contribution >= 0.6 is 0 Å². The molecule has 1 aromatic heterocycles. The van der Waals surface area contributed by atoms with Gasteiger partial charge in [-0.2, -0.15) is 0 Å². The molecule has 0 radical (unpaired) electrons. The lowest BCUT2D eigenvalue weighted by Gasteiger charge is -2.11. The highest BCUT2D eigenvalue weighted by molar-refractivity contribution is 7.92. The van der Waals surface area contributed by atoms with E-state index in [1.54, 1.807) is 32.3 Å². The number of hydrogen-bond donors (Lipinski definition) is 2. The van der Waals surface area contributed by atoms with Gasteiger partial charge in [-0.3, -0.25) is 18.7 Å². The minimum absolute atomic E-state index is 0.157. The van der Waals surface area contributed by atoms with Gasteiger partial charge in [0.15, 0.2) is 0 Å². The molecule has 0 unspecified atom stereocenters. The Morgan fingerprint density at radius 1 is 0.909 bits per heavy atom. The van der Waals surface area contributed by atoms with Crippen LogP contribution < -0.4 is 15.7 Å². The van der Waals surface area contributed by atoms with Crippen molar-refractivity contribution < 1.29 is 17.6 Å². The molecule has 0 fully saturated rings. The lowest BCUT2D eigenvalue weighted by Crippen LogP contribution is -2.19. The topological polar surface area (TPSA) is 102 Å². The molecule has 0 aliphatic heterocycles. The molecular formula is C23H21FN4O4S. The predicted molar refractivity (Wildman–Crippen MR) is 125 cm³/mol. The molecule has 0 bridgehead atoms. The zero-order chi connectivity index (χ0) is 23.9. The highest BCUT2D eigenvalue weighted by Crippen LogP contribution is 2.21. The first kappa shape index (κ1) is 22.3. The van der Waals surface area contributed by atoms with Crippen LogP contribution in [0.4, 0.5) is 15.8 Å². The molecule has 0 aliphatic rings. The van der Waals surface area contributed by atoms with Crippen LogP contribution in [0, 0.1) is 12.7 Å². The normalized spacial score (nSPS) is 11.5. The number of amides is 1. The van der Waals surface area contributed by atoms with E-state index < -0.39 is 21.7 Å². The number of sulfonamides is 1. The van der Waals surface area contributed by atoms with E-state index in [1.165, 1.54) is 52.5 Å². The van der Waals surface area contributed by atoms with E-state index in [2.05, 4.69) is 10.0 Å². The molecule has 0 atom stereocenters. The quantitative estimate of drug-likeness (QED) is 0.469. The van der Waals surface area contributed by atoms with Crippen LogP contribution in [0.3, 0.4) is 0 Å². The summed E-state index contributed by atoms with van der Waals surface area (Å²) in [6.45, 7) is 1.54. The summed E-state index contributed by atoms with van der Waals surface area (Å²) < 4.78 is 44.4. The molecule has 1 heterocycles. The maximum Gasteiger partial charge on any atom is 0.328 e. The van der Waals surface area contributed by atoms with Crippen LogP contribution in [-0.4, -0.2) is 23.5 Å². The van der Waals surface area contributed by atoms with Crippen LogP contribution in [0.15, 0.2) is 70.4 Å². The first-order chi connectivity index (χ1) is 15.6. The molecule has 2 N–H and O–H groups in total. The fourth-order valence-electron chi connectivity index (χ4n) is 3.47. The molecule has 33 heavy (non-hydrogen) atoms. The average molecular weight is 469 g/mol. The van der Waals surface area contributed by atoms with Crippen molar-refractivity contribution in [2.45, 2.75) is 11.8 Å². The fraction of sp³-hybridized carbons (Fsp3) is 0.130. The number of nitrogens with one attached hydrogen (secondary N) is 2. The molecule has 8 nitrogen and oxygen atoms in total. The number of carbonyl (C=O) groups excluding carboxylic acids is 1. The molecule has 170 valence electrons. The van der Waals surface area contributed by atoms with Gasteiger partial charge in [0.2, 0.25) is 0 Å². The average Bonchev–Trinajstić information content (AvgIpc) is 2.99. The van der Waals surface area contributed by atoms with Gasteiger partial charge in [0, 0.05) is 31.0 Å². The molecule has 1 amide bonds. The van der Waals surface area contributed by atoms with Crippen molar-refractivity contribution in [3.8, 4) is 0 Å². The summed E-state index contributed by atoms with van der Waals surface area (Å²) in [5, 5.41) is 2.75. The van der Waals surface area contributed by atoms with Gasteiger partial charge in [-0.05, 0) is 61.0 Å². The van der Waals surface area contributed by atoms with E-state index in [-0.39, 0.29) is 21.8 Å². The molecule has 3 aromatic carbocycles. The van der Waals surface area contributed by atoms with Crippen molar-refractivity contribution in [3.63, 3.8) is 0 Å². The van der Waals surface area contributed by atoms with Crippen molar-refractivity contribution in [2.24, 2.45) is 14.1 Å². The van der Waals surface area contributed by atoms with E-state index in [0.29, 0.717) is 16.8 Å². The van der Waals surface area contributed by atoms with Crippen molar-refractivity contribution in [3.05, 3.63) is 88.1 Å². The smallest absolute Gasteiger partial charge is 0.322 e. The minimum Gasteiger partial charge on any atom is -0.322 e. The first-order valence-corrected chi connectivity index (χ1v) is 11.4. The van der Waals surface area contributed by atoms with Crippen LogP contribution in [-0.2, 0) is 24.1 Å². The number of aromatic nitrogens is 2. The first-order valence-electron chi connectivity index (χ1n) is 9.93. The molecule has 0 aliphatic carbocycles. The zero-order valence-corrected chi connectivity index (χ0v) is 18.9. The van der Waals surface area contributed by atoms with Crippen molar-refractivity contribution >= 4 is 38.3 Å². The molecule has 10 heteroatoms. The van der Waals surface area contributed by atoms with Gasteiger partial charge in [0.1, 0.15) is 5.82 Å². The Balaban J connectivity index is 1.57. The second kappa shape index (κ2) is 8.21. The van der Waals surface area contributed by atoms with Crippen molar-refractivity contribution in [1.82, 2.24) is 9.13 Å². The van der Waals surface area contributed by atoms with E-state index >= 15 is 0 Å². The number of nitrogens with zero attached hydrogens (tertiary/aromatic N) is 2. The standard InChI is InChI=1S/C23H21FN4O4S/c1-14-7-9-18(13-19(14)24)33(31,32)26-17-6-4-5-15(11-17)22(29)25-16-8-10-20-21(12-16)28(3)23(30)27(20)2/h4-13,26H,1-3H3,(H,25,29). The Hall–Kier alpha value is -3.92. The van der Waals surface area contributed by atoms with Gasteiger partial charge in [-0.15, -0.1) is 0 Å². The lowest BCUT2D eigenvalue weighted by atomic mass is 10.2. The van der Waals surface area contributed by atoms with Crippen LogP contribution in [0.5, 0.6) is 0 Å². The van der Waals surface area contributed by atoms with E-state index in [9.17, 15) is 22.4 Å². The lowest BCUT2D eigenvalue weighted by molar-refractivity contribution is 0.102. The third kappa shape index (κ3) is 4.24. The van der Waals surface area contributed by atoms with E-state index in [1.807, 2.05) is 0 Å². The summed E-state index contributed by atoms with van der Waals surface area (Å²) >= 11 is 0. The molecule has 0 saturated carbocycles. The van der Waals surface area contributed by atoms with Crippen LogP contribution in [0.1, 0.15) is 15.9 Å². The summed E-state index contributed by atoms with van der Waals surface area (Å²) in [4.78, 5) is 24.6. The summed E-state index contributed by atoms with van der Waals surface area (Å²) in [5.41, 5.74) is 2.39. The van der Waals surface area contributed by atoms with Gasteiger partial charge >= 0.3 is 5.69 Å². The second-order valence-corrected chi connectivity index (χ2v) is 9.34. The number of fused-ring (bicyclic) bond motifs is 1. The number of rotatable bonds is 5. The monoisotopic (exact) mass is 468 g/mol. The molecule has 0 spiro atoms. The maximum atomic E-state index is 13.8. The molecular weight excluding hydrogens is 447 g/mol.